The van der Waals surface area contributed by atoms with Crippen molar-refractivity contribution in [2.24, 2.45) is 5.92 Å². The summed E-state index contributed by atoms with van der Waals surface area (Å²) in [5, 5.41) is 0. The molecule has 2 unspecified atom stereocenters. The van der Waals surface area contributed by atoms with E-state index >= 15 is 0 Å². The Morgan fingerprint density at radius 3 is 2.28 bits per heavy atom. The molecule has 0 saturated heterocycles. The second-order valence-electron chi connectivity index (χ2n) is 3.97. The van der Waals surface area contributed by atoms with E-state index in [4.69, 9.17) is 34.8 Å². The predicted molar refractivity (Wildman–Crippen MR) is 78.3 cm³/mol. The first-order valence-electron chi connectivity index (χ1n) is 5.66. The zero-order valence-electron chi connectivity index (χ0n) is 10.2. The molecule has 1 aromatic rings. The summed E-state index contributed by atoms with van der Waals surface area (Å²) < 4.78 is 4.66. The zero-order chi connectivity index (χ0) is 13.8. The first-order valence-corrected chi connectivity index (χ1v) is 15.1. The number of esters is 1. The van der Waals surface area contributed by atoms with Crippen LogP contribution in [0.25, 0.3) is 0 Å². The van der Waals surface area contributed by atoms with Crippen LogP contribution in [-0.2, 0) is 9.53 Å². The SMILES string of the molecule is CCOC(=O)C(C)[CH](c1ccccc1)[Ge]([Cl])([Cl])[Cl]. The molecule has 0 aromatic heterocycles. The topological polar surface area (TPSA) is 26.3 Å². The molecule has 0 saturated carbocycles. The van der Waals surface area contributed by atoms with Crippen LogP contribution in [0.5, 0.6) is 0 Å². The first kappa shape index (κ1) is 16.2. The molecular weight excluding hydrogens is 355 g/mol. The van der Waals surface area contributed by atoms with Crippen molar-refractivity contribution in [2.75, 3.05) is 6.61 Å². The van der Waals surface area contributed by atoms with E-state index in [2.05, 4.69) is 0 Å². The Labute approximate surface area is 122 Å². The van der Waals surface area contributed by atoms with Crippen LogP contribution in [0.3, 0.4) is 0 Å². The summed E-state index contributed by atoms with van der Waals surface area (Å²) in [7, 11) is 15.0. The van der Waals surface area contributed by atoms with E-state index in [1.54, 1.807) is 13.8 Å². The molecule has 1 rings (SSSR count). The number of halogens is 3. The van der Waals surface area contributed by atoms with Gasteiger partial charge in [-0.3, -0.25) is 0 Å². The molecule has 0 N–H and O–H groups in total. The third-order valence-electron chi connectivity index (χ3n) is 2.67. The summed E-state index contributed by atoms with van der Waals surface area (Å²) >= 11 is 0. The molecule has 1 aromatic carbocycles. The normalized spacial score (nSPS) is 14.9. The molecule has 0 radical (unpaired) electrons. The van der Waals surface area contributed by atoms with Gasteiger partial charge in [-0.1, -0.05) is 0 Å². The van der Waals surface area contributed by atoms with Crippen LogP contribution < -0.4 is 0 Å². The van der Waals surface area contributed by atoms with Gasteiger partial charge in [-0.2, -0.15) is 0 Å². The van der Waals surface area contributed by atoms with E-state index in [0.29, 0.717) is 6.61 Å². The van der Waals surface area contributed by atoms with Gasteiger partial charge in [0, 0.05) is 0 Å². The van der Waals surface area contributed by atoms with Crippen LogP contribution in [0.4, 0.5) is 0 Å². The van der Waals surface area contributed by atoms with Crippen molar-refractivity contribution in [3.8, 4) is 0 Å². The van der Waals surface area contributed by atoms with Gasteiger partial charge in [-0.25, -0.2) is 0 Å². The van der Waals surface area contributed by atoms with Gasteiger partial charge in [-0.15, -0.1) is 0 Å². The van der Waals surface area contributed by atoms with Crippen molar-refractivity contribution >= 4 is 46.5 Å². The molecule has 0 fully saturated rings. The summed E-state index contributed by atoms with van der Waals surface area (Å²) in [4.78, 5) is 11.8. The Bertz CT molecular complexity index is 392. The molecule has 2 atom stereocenters. The fraction of sp³-hybridized carbons (Fsp3) is 0.417. The Morgan fingerprint density at radius 1 is 1.28 bits per heavy atom. The Hall–Kier alpha value is 0.103. The number of carbonyl (C=O) groups is 1. The monoisotopic (exact) mass is 370 g/mol. The van der Waals surface area contributed by atoms with Gasteiger partial charge in [0.05, 0.1) is 0 Å². The van der Waals surface area contributed by atoms with Crippen LogP contribution >= 0.6 is 30.0 Å². The Balaban J connectivity index is 3.04. The van der Waals surface area contributed by atoms with E-state index in [9.17, 15) is 4.79 Å². The van der Waals surface area contributed by atoms with Crippen molar-refractivity contribution in [1.29, 1.82) is 0 Å². The fourth-order valence-electron chi connectivity index (χ4n) is 1.83. The van der Waals surface area contributed by atoms with Gasteiger partial charge >= 0.3 is 123 Å². The quantitative estimate of drug-likeness (QED) is 0.575. The van der Waals surface area contributed by atoms with Crippen molar-refractivity contribution in [3.05, 3.63) is 35.9 Å². The average Bonchev–Trinajstić information content (AvgIpc) is 2.29. The molecule has 6 heteroatoms. The van der Waals surface area contributed by atoms with Crippen LogP contribution in [0.1, 0.15) is 24.2 Å². The number of carbonyl (C=O) groups excluding carboxylic acids is 1. The molecule has 0 heterocycles. The second kappa shape index (κ2) is 7.04. The van der Waals surface area contributed by atoms with Crippen molar-refractivity contribution in [3.63, 3.8) is 0 Å². The van der Waals surface area contributed by atoms with Crippen LogP contribution in [0.2, 0.25) is 0 Å². The molecule has 0 amide bonds. The zero-order valence-corrected chi connectivity index (χ0v) is 14.6. The van der Waals surface area contributed by atoms with Crippen LogP contribution in [-0.4, -0.2) is 23.1 Å². The molecule has 0 aliphatic rings. The Kier molecular flexibility index (Phi) is 6.32. The molecule has 0 spiro atoms. The van der Waals surface area contributed by atoms with Gasteiger partial charge in [0.15, 0.2) is 0 Å². The summed E-state index contributed by atoms with van der Waals surface area (Å²) in [6, 6.07) is 9.40. The van der Waals surface area contributed by atoms with E-state index < -0.39 is 16.4 Å². The van der Waals surface area contributed by atoms with Crippen LogP contribution in [0, 0.1) is 5.92 Å². The number of ether oxygens (including phenoxy) is 1. The predicted octanol–water partition coefficient (Wildman–Crippen LogP) is 4.16. The maximum atomic E-state index is 11.8. The summed E-state index contributed by atoms with van der Waals surface area (Å²) in [5.41, 5.74) is 0.887. The fourth-order valence-corrected chi connectivity index (χ4v) is 9.41. The number of hydrogen-bond donors (Lipinski definition) is 0. The number of benzene rings is 1. The van der Waals surface area contributed by atoms with Gasteiger partial charge in [0.2, 0.25) is 0 Å². The summed E-state index contributed by atoms with van der Waals surface area (Å²) in [6.07, 6.45) is 0. The molecule has 0 bridgehead atoms. The number of rotatable bonds is 5. The van der Waals surface area contributed by atoms with E-state index in [0.717, 1.165) is 5.56 Å². The van der Waals surface area contributed by atoms with Crippen molar-refractivity contribution < 1.29 is 9.53 Å². The minimum absolute atomic E-state index is 0.316. The van der Waals surface area contributed by atoms with E-state index in [1.807, 2.05) is 30.3 Å². The van der Waals surface area contributed by atoms with Gasteiger partial charge in [0.1, 0.15) is 0 Å². The number of hydrogen-bond acceptors (Lipinski definition) is 2. The summed E-state index contributed by atoms with van der Waals surface area (Å²) in [6.45, 7) is 3.85. The van der Waals surface area contributed by atoms with E-state index in [-0.39, 0.29) is 10.7 Å². The first-order chi connectivity index (χ1) is 8.38. The Morgan fingerprint density at radius 2 is 1.83 bits per heavy atom. The molecule has 18 heavy (non-hydrogen) atoms. The molecule has 0 aliphatic heterocycles. The van der Waals surface area contributed by atoms with Gasteiger partial charge < -0.3 is 0 Å². The molecule has 0 aliphatic carbocycles. The molecule has 100 valence electrons. The van der Waals surface area contributed by atoms with Crippen molar-refractivity contribution in [1.82, 2.24) is 0 Å². The standard InChI is InChI=1S/C12H15Cl3GeO2/c1-3-18-12(17)9(2)11(16(13,14)15)10-7-5-4-6-8-10/h4-9,11H,3H2,1-2H3. The maximum absolute atomic E-state index is 11.8. The average molecular weight is 370 g/mol. The van der Waals surface area contributed by atoms with Gasteiger partial charge in [-0.05, 0) is 0 Å². The molecule has 2 nitrogen and oxygen atoms in total. The van der Waals surface area contributed by atoms with Gasteiger partial charge in [0.25, 0.3) is 0 Å². The third-order valence-corrected chi connectivity index (χ3v) is 9.56. The summed E-state index contributed by atoms with van der Waals surface area (Å²) in [5.74, 6) is -0.761. The second-order valence-corrected chi connectivity index (χ2v) is 19.9. The van der Waals surface area contributed by atoms with E-state index in [1.165, 1.54) is 0 Å². The van der Waals surface area contributed by atoms with Crippen LogP contribution in [0.15, 0.2) is 30.3 Å². The minimum atomic E-state index is -3.59. The molecular formula is C12H15Cl3GeO2. The van der Waals surface area contributed by atoms with Crippen molar-refractivity contribution in [2.45, 2.75) is 18.6 Å². The third kappa shape index (κ3) is 4.34.